The first kappa shape index (κ1) is 30.9. The summed E-state index contributed by atoms with van der Waals surface area (Å²) in [6.45, 7) is 6.76. The molecule has 3 rings (SSSR count). The Hall–Kier alpha value is -3.65. The van der Waals surface area contributed by atoms with E-state index in [0.717, 1.165) is 28.7 Å². The molecular weight excluding hydrogens is 522 g/mol. The van der Waals surface area contributed by atoms with E-state index in [4.69, 9.17) is 0 Å². The smallest absolute Gasteiger partial charge is 0.243 e. The number of sulfonamides is 1. The molecule has 2 amide bonds. The summed E-state index contributed by atoms with van der Waals surface area (Å²) >= 11 is 0. The Kier molecular flexibility index (Phi) is 11.3. The van der Waals surface area contributed by atoms with Crippen molar-refractivity contribution in [2.45, 2.75) is 59.0 Å². The highest BCUT2D eigenvalue weighted by molar-refractivity contribution is 7.92. The van der Waals surface area contributed by atoms with Gasteiger partial charge < -0.3 is 10.2 Å². The van der Waals surface area contributed by atoms with Gasteiger partial charge >= 0.3 is 0 Å². The van der Waals surface area contributed by atoms with Crippen molar-refractivity contribution in [2.24, 2.45) is 0 Å². The van der Waals surface area contributed by atoms with E-state index >= 15 is 0 Å². The van der Waals surface area contributed by atoms with Gasteiger partial charge in [-0.25, -0.2) is 8.42 Å². The second-order valence-electron chi connectivity index (χ2n) is 10.2. The van der Waals surface area contributed by atoms with Crippen molar-refractivity contribution < 1.29 is 18.0 Å². The third-order valence-electron chi connectivity index (χ3n) is 6.80. The van der Waals surface area contributed by atoms with E-state index in [0.29, 0.717) is 25.1 Å². The van der Waals surface area contributed by atoms with Crippen LogP contribution in [0.25, 0.3) is 0 Å². The molecule has 1 atom stereocenters. The van der Waals surface area contributed by atoms with E-state index in [1.807, 2.05) is 99.6 Å². The Morgan fingerprint density at radius 3 is 2.12 bits per heavy atom. The first-order valence-corrected chi connectivity index (χ1v) is 15.6. The van der Waals surface area contributed by atoms with Gasteiger partial charge in [0.05, 0.1) is 11.9 Å². The van der Waals surface area contributed by atoms with E-state index in [9.17, 15) is 18.0 Å². The molecule has 0 bridgehead atoms. The van der Waals surface area contributed by atoms with Crippen molar-refractivity contribution in [3.8, 4) is 0 Å². The van der Waals surface area contributed by atoms with Crippen molar-refractivity contribution in [2.75, 3.05) is 23.7 Å². The van der Waals surface area contributed by atoms with Gasteiger partial charge in [0.1, 0.15) is 6.04 Å². The lowest BCUT2D eigenvalue weighted by molar-refractivity contribution is -0.141. The number of hydrogen-bond donors (Lipinski definition) is 1. The Morgan fingerprint density at radius 1 is 0.900 bits per heavy atom. The number of aryl methyl sites for hydroxylation is 2. The normalized spacial score (nSPS) is 12.0. The Labute approximate surface area is 239 Å². The first-order valence-electron chi connectivity index (χ1n) is 13.8. The highest BCUT2D eigenvalue weighted by Crippen LogP contribution is 2.25. The van der Waals surface area contributed by atoms with Gasteiger partial charge in [-0.05, 0) is 55.0 Å². The minimum absolute atomic E-state index is 0.107. The lowest BCUT2D eigenvalue weighted by Crippen LogP contribution is -2.50. The monoisotopic (exact) mass is 563 g/mol. The zero-order valence-corrected chi connectivity index (χ0v) is 24.8. The van der Waals surface area contributed by atoms with Crippen molar-refractivity contribution in [3.63, 3.8) is 0 Å². The van der Waals surface area contributed by atoms with Crippen LogP contribution in [0.1, 0.15) is 48.4 Å². The number of carbonyl (C=O) groups excluding carboxylic acids is 2. The lowest BCUT2D eigenvalue weighted by Gasteiger charge is -2.32. The Balaban J connectivity index is 1.86. The summed E-state index contributed by atoms with van der Waals surface area (Å²) in [5.41, 5.74) is 4.32. The molecule has 0 saturated heterocycles. The highest BCUT2D eigenvalue weighted by Gasteiger charge is 2.30. The molecule has 40 heavy (non-hydrogen) atoms. The summed E-state index contributed by atoms with van der Waals surface area (Å²) in [4.78, 5) is 28.9. The first-order chi connectivity index (χ1) is 19.1. The van der Waals surface area contributed by atoms with Gasteiger partial charge in [0.2, 0.25) is 21.8 Å². The fraction of sp³-hybridized carbons (Fsp3) is 0.375. The molecule has 0 fully saturated rings. The molecule has 3 aromatic rings. The van der Waals surface area contributed by atoms with Gasteiger partial charge in [0.15, 0.2) is 0 Å². The number of amides is 2. The summed E-state index contributed by atoms with van der Waals surface area (Å²) in [6, 6.07) is 24.3. The predicted octanol–water partition coefficient (Wildman–Crippen LogP) is 5.02. The Morgan fingerprint density at radius 2 is 1.52 bits per heavy atom. The van der Waals surface area contributed by atoms with E-state index in [2.05, 4.69) is 5.32 Å². The molecule has 0 aliphatic heterocycles. The van der Waals surface area contributed by atoms with E-state index in [-0.39, 0.29) is 31.3 Å². The molecular formula is C32H41N3O4S. The van der Waals surface area contributed by atoms with Crippen LogP contribution < -0.4 is 9.62 Å². The zero-order valence-electron chi connectivity index (χ0n) is 24.0. The van der Waals surface area contributed by atoms with Crippen LogP contribution in [0.15, 0.2) is 78.9 Å². The standard InChI is InChI=1S/C32H41N3O4S/c1-5-20-33-32(37)30(23-27-13-8-6-9-14-27)34(24-28-15-10-7-11-16-28)31(36)17-12-21-35(40(4,38)39)29-22-25(2)18-19-26(29)3/h6-11,13-16,18-19,22,30H,5,12,17,20-21,23-24H2,1-4H3,(H,33,37). The number of benzene rings is 3. The van der Waals surface area contributed by atoms with Crippen molar-refractivity contribution in [1.29, 1.82) is 0 Å². The molecule has 0 aliphatic rings. The van der Waals surface area contributed by atoms with Crippen LogP contribution in [0, 0.1) is 13.8 Å². The van der Waals surface area contributed by atoms with Crippen LogP contribution in [-0.2, 0) is 32.6 Å². The molecule has 3 aromatic carbocycles. The second kappa shape index (κ2) is 14.7. The van der Waals surface area contributed by atoms with Crippen molar-refractivity contribution >= 4 is 27.5 Å². The van der Waals surface area contributed by atoms with Crippen LogP contribution in [0.4, 0.5) is 5.69 Å². The minimum Gasteiger partial charge on any atom is -0.354 e. The molecule has 214 valence electrons. The summed E-state index contributed by atoms with van der Waals surface area (Å²) < 4.78 is 26.8. The number of anilines is 1. The van der Waals surface area contributed by atoms with Gasteiger partial charge in [-0.1, -0.05) is 79.7 Å². The summed E-state index contributed by atoms with van der Waals surface area (Å²) in [6.07, 6.45) is 2.78. The van der Waals surface area contributed by atoms with Crippen molar-refractivity contribution in [3.05, 3.63) is 101 Å². The molecule has 0 heterocycles. The third-order valence-corrected chi connectivity index (χ3v) is 7.98. The van der Waals surface area contributed by atoms with Gasteiger partial charge in [0.25, 0.3) is 0 Å². The van der Waals surface area contributed by atoms with Gasteiger partial charge in [-0.2, -0.15) is 0 Å². The van der Waals surface area contributed by atoms with Gasteiger partial charge in [-0.3, -0.25) is 13.9 Å². The molecule has 0 spiro atoms. The molecule has 8 heteroatoms. The number of carbonyl (C=O) groups is 2. The van der Waals surface area contributed by atoms with E-state index in [1.165, 1.54) is 10.6 Å². The van der Waals surface area contributed by atoms with Crippen LogP contribution >= 0.6 is 0 Å². The van der Waals surface area contributed by atoms with E-state index in [1.54, 1.807) is 4.90 Å². The fourth-order valence-electron chi connectivity index (χ4n) is 4.67. The number of nitrogens with one attached hydrogen (secondary N) is 1. The van der Waals surface area contributed by atoms with Gasteiger partial charge in [-0.15, -0.1) is 0 Å². The topological polar surface area (TPSA) is 86.8 Å². The average molecular weight is 564 g/mol. The number of rotatable bonds is 14. The maximum atomic E-state index is 13.8. The molecule has 0 saturated carbocycles. The molecule has 0 aromatic heterocycles. The largest absolute Gasteiger partial charge is 0.354 e. The average Bonchev–Trinajstić information content (AvgIpc) is 2.93. The van der Waals surface area contributed by atoms with Crippen molar-refractivity contribution in [1.82, 2.24) is 10.2 Å². The molecule has 1 unspecified atom stereocenters. The quantitative estimate of drug-likeness (QED) is 0.299. The molecule has 0 radical (unpaired) electrons. The third kappa shape index (κ3) is 8.95. The van der Waals surface area contributed by atoms with Crippen LogP contribution in [0.2, 0.25) is 0 Å². The Bertz CT molecular complexity index is 1360. The molecule has 0 aliphatic carbocycles. The predicted molar refractivity (Wildman–Crippen MR) is 162 cm³/mol. The van der Waals surface area contributed by atoms with E-state index < -0.39 is 16.1 Å². The van der Waals surface area contributed by atoms with Crippen LogP contribution in [0.3, 0.4) is 0 Å². The molecule has 7 nitrogen and oxygen atoms in total. The van der Waals surface area contributed by atoms with Crippen LogP contribution in [-0.4, -0.2) is 50.5 Å². The van der Waals surface area contributed by atoms with Gasteiger partial charge in [0, 0.05) is 32.5 Å². The maximum absolute atomic E-state index is 13.8. The highest BCUT2D eigenvalue weighted by atomic mass is 32.2. The summed E-state index contributed by atoms with van der Waals surface area (Å²) in [5, 5.41) is 2.98. The maximum Gasteiger partial charge on any atom is 0.243 e. The zero-order chi connectivity index (χ0) is 29.1. The summed E-state index contributed by atoms with van der Waals surface area (Å²) in [7, 11) is -3.56. The SMILES string of the molecule is CCCNC(=O)C(Cc1ccccc1)N(Cc1ccccc1)C(=O)CCCN(c1cc(C)ccc1C)S(C)(=O)=O. The molecule has 1 N–H and O–H groups in total. The summed E-state index contributed by atoms with van der Waals surface area (Å²) in [5.74, 6) is -0.381. The van der Waals surface area contributed by atoms with Crippen LogP contribution in [0.5, 0.6) is 0 Å². The lowest BCUT2D eigenvalue weighted by atomic mass is 10.0. The number of hydrogen-bond acceptors (Lipinski definition) is 4. The fourth-order valence-corrected chi connectivity index (χ4v) is 5.69. The number of nitrogens with zero attached hydrogens (tertiary/aromatic N) is 2. The minimum atomic E-state index is -3.56. The second-order valence-corrected chi connectivity index (χ2v) is 12.1.